The molecule has 1 aliphatic carbocycles. The van der Waals surface area contributed by atoms with Crippen molar-refractivity contribution in [1.29, 1.82) is 0 Å². The maximum atomic E-state index is 3.60. The molecule has 1 nitrogen and oxygen atoms in total. The fraction of sp³-hybridized carbons (Fsp3) is 0.500. The molecule has 0 amide bonds. The zero-order valence-corrected chi connectivity index (χ0v) is 14.3. The van der Waals surface area contributed by atoms with E-state index in [1.54, 1.807) is 0 Å². The number of allylic oxidation sites excluding steroid dienone is 2. The van der Waals surface area contributed by atoms with Gasteiger partial charge in [0.05, 0.1) is 0 Å². The second-order valence-electron chi connectivity index (χ2n) is 8.08. The summed E-state index contributed by atoms with van der Waals surface area (Å²) in [6.07, 6.45) is 7.98. The summed E-state index contributed by atoms with van der Waals surface area (Å²) in [5, 5.41) is 3.60. The molecule has 0 spiro atoms. The van der Waals surface area contributed by atoms with Crippen molar-refractivity contribution in [1.82, 2.24) is 0 Å². The van der Waals surface area contributed by atoms with E-state index in [0.29, 0.717) is 6.04 Å². The molecular weight excluding hydrogens is 254 g/mol. The average molecular weight is 283 g/mol. The van der Waals surface area contributed by atoms with Crippen LogP contribution in [-0.4, -0.2) is 6.04 Å². The first-order chi connectivity index (χ1) is 9.66. The van der Waals surface area contributed by atoms with E-state index in [-0.39, 0.29) is 10.8 Å². The number of rotatable bonds is 2. The van der Waals surface area contributed by atoms with Crippen LogP contribution in [0.5, 0.6) is 0 Å². The highest BCUT2D eigenvalue weighted by atomic mass is 14.9. The van der Waals surface area contributed by atoms with Gasteiger partial charge in [0.25, 0.3) is 0 Å². The number of anilines is 1. The van der Waals surface area contributed by atoms with E-state index in [4.69, 9.17) is 0 Å². The molecule has 0 aromatic heterocycles. The predicted octanol–water partition coefficient (Wildman–Crippen LogP) is 5.70. The Morgan fingerprint density at radius 1 is 0.905 bits per heavy atom. The van der Waals surface area contributed by atoms with Gasteiger partial charge in [-0.1, -0.05) is 71.9 Å². The van der Waals surface area contributed by atoms with E-state index in [0.717, 1.165) is 6.42 Å². The second-order valence-corrected chi connectivity index (χ2v) is 8.08. The summed E-state index contributed by atoms with van der Waals surface area (Å²) in [6, 6.07) is 9.24. The van der Waals surface area contributed by atoms with Crippen molar-refractivity contribution in [3.63, 3.8) is 0 Å². The third-order valence-corrected chi connectivity index (χ3v) is 4.07. The molecule has 0 saturated carbocycles. The molecular formula is C20H29N. The van der Waals surface area contributed by atoms with Gasteiger partial charge in [0.2, 0.25) is 0 Å². The summed E-state index contributed by atoms with van der Waals surface area (Å²) in [7, 11) is 0. The topological polar surface area (TPSA) is 12.0 Å². The van der Waals surface area contributed by atoms with Gasteiger partial charge in [0.15, 0.2) is 0 Å². The quantitative estimate of drug-likeness (QED) is 0.734. The minimum atomic E-state index is 0.216. The Labute approximate surface area is 130 Å². The van der Waals surface area contributed by atoms with Gasteiger partial charge >= 0.3 is 0 Å². The van der Waals surface area contributed by atoms with Crippen molar-refractivity contribution in [3.8, 4) is 0 Å². The predicted molar refractivity (Wildman–Crippen MR) is 93.8 cm³/mol. The van der Waals surface area contributed by atoms with Crippen LogP contribution in [0.3, 0.4) is 0 Å². The van der Waals surface area contributed by atoms with Crippen molar-refractivity contribution in [2.24, 2.45) is 5.41 Å². The van der Waals surface area contributed by atoms with Crippen molar-refractivity contribution < 1.29 is 0 Å². The van der Waals surface area contributed by atoms with Gasteiger partial charge in [0, 0.05) is 11.7 Å². The van der Waals surface area contributed by atoms with E-state index < -0.39 is 0 Å². The normalized spacial score (nSPS) is 19.3. The van der Waals surface area contributed by atoms with E-state index in [1.165, 1.54) is 16.8 Å². The highest BCUT2D eigenvalue weighted by Crippen LogP contribution is 2.30. The standard InChI is InChI=1S/C20H29N/c1-19(2,3)15-7-11-17(12-8-15)21-18-13-9-16(10-14-18)20(4,5)6/h7-13,18,21H,14H2,1-6H3. The highest BCUT2D eigenvalue weighted by molar-refractivity contribution is 5.48. The largest absolute Gasteiger partial charge is 0.379 e. The molecule has 1 N–H and O–H groups in total. The first-order valence-electron chi connectivity index (χ1n) is 7.92. The summed E-state index contributed by atoms with van der Waals surface area (Å²) < 4.78 is 0. The van der Waals surface area contributed by atoms with Crippen LogP contribution in [0.25, 0.3) is 0 Å². The maximum Gasteiger partial charge on any atom is 0.0482 e. The molecule has 1 heteroatoms. The fourth-order valence-corrected chi connectivity index (χ4v) is 2.56. The summed E-state index contributed by atoms with van der Waals surface area (Å²) in [6.45, 7) is 13.5. The van der Waals surface area contributed by atoms with Gasteiger partial charge < -0.3 is 5.32 Å². The number of hydrogen-bond acceptors (Lipinski definition) is 1. The van der Waals surface area contributed by atoms with Crippen LogP contribution in [0.15, 0.2) is 48.1 Å². The zero-order valence-electron chi connectivity index (χ0n) is 14.3. The van der Waals surface area contributed by atoms with Crippen LogP contribution in [0, 0.1) is 5.41 Å². The Morgan fingerprint density at radius 2 is 1.52 bits per heavy atom. The Bertz CT molecular complexity index is 533. The molecule has 21 heavy (non-hydrogen) atoms. The first kappa shape index (κ1) is 15.9. The molecule has 0 heterocycles. The fourth-order valence-electron chi connectivity index (χ4n) is 2.56. The van der Waals surface area contributed by atoms with Crippen LogP contribution in [0.2, 0.25) is 0 Å². The van der Waals surface area contributed by atoms with Gasteiger partial charge in [-0.3, -0.25) is 0 Å². The summed E-state index contributed by atoms with van der Waals surface area (Å²) in [4.78, 5) is 0. The molecule has 1 aromatic rings. The molecule has 1 aliphatic rings. The molecule has 1 aromatic carbocycles. The molecule has 114 valence electrons. The number of benzene rings is 1. The maximum absolute atomic E-state index is 3.60. The van der Waals surface area contributed by atoms with Gasteiger partial charge in [-0.05, 0) is 40.5 Å². The van der Waals surface area contributed by atoms with E-state index in [9.17, 15) is 0 Å². The lowest BCUT2D eigenvalue weighted by Gasteiger charge is -2.26. The minimum absolute atomic E-state index is 0.216. The number of nitrogens with one attached hydrogen (secondary N) is 1. The highest BCUT2D eigenvalue weighted by Gasteiger charge is 2.18. The average Bonchev–Trinajstić information content (AvgIpc) is 2.38. The van der Waals surface area contributed by atoms with Crippen molar-refractivity contribution >= 4 is 5.69 Å². The van der Waals surface area contributed by atoms with Crippen molar-refractivity contribution in [3.05, 3.63) is 53.6 Å². The van der Waals surface area contributed by atoms with Gasteiger partial charge in [-0.15, -0.1) is 0 Å². The van der Waals surface area contributed by atoms with Crippen LogP contribution in [0.4, 0.5) is 5.69 Å². The first-order valence-corrected chi connectivity index (χ1v) is 7.92. The molecule has 0 radical (unpaired) electrons. The Hall–Kier alpha value is -1.50. The van der Waals surface area contributed by atoms with E-state index in [1.807, 2.05) is 0 Å². The summed E-state index contributed by atoms with van der Waals surface area (Å²) in [5.41, 5.74) is 4.47. The van der Waals surface area contributed by atoms with E-state index >= 15 is 0 Å². The third kappa shape index (κ3) is 4.23. The SMILES string of the molecule is CC(C)(C)C1=CCC(Nc2ccc(C(C)(C)C)cc2)C=C1. The van der Waals surface area contributed by atoms with Crippen molar-refractivity contribution in [2.45, 2.75) is 59.4 Å². The third-order valence-electron chi connectivity index (χ3n) is 4.07. The molecule has 0 bridgehead atoms. The van der Waals surface area contributed by atoms with Crippen LogP contribution in [-0.2, 0) is 5.41 Å². The summed E-state index contributed by atoms with van der Waals surface area (Å²) in [5.74, 6) is 0. The molecule has 0 fully saturated rings. The van der Waals surface area contributed by atoms with Gasteiger partial charge in [-0.25, -0.2) is 0 Å². The van der Waals surface area contributed by atoms with Crippen LogP contribution in [0.1, 0.15) is 53.5 Å². The molecule has 1 atom stereocenters. The summed E-state index contributed by atoms with van der Waals surface area (Å²) >= 11 is 0. The Kier molecular flexibility index (Phi) is 4.32. The molecule has 0 saturated heterocycles. The monoisotopic (exact) mass is 283 g/mol. The zero-order chi connectivity index (χ0) is 15.7. The molecule has 0 aliphatic heterocycles. The second kappa shape index (κ2) is 5.71. The van der Waals surface area contributed by atoms with E-state index in [2.05, 4.69) is 89.4 Å². The van der Waals surface area contributed by atoms with Crippen LogP contribution < -0.4 is 5.32 Å². The Morgan fingerprint density at radius 3 is 1.95 bits per heavy atom. The lowest BCUT2D eigenvalue weighted by molar-refractivity contribution is 0.511. The van der Waals surface area contributed by atoms with Gasteiger partial charge in [-0.2, -0.15) is 0 Å². The number of hydrogen-bond donors (Lipinski definition) is 1. The lowest BCUT2D eigenvalue weighted by Crippen LogP contribution is -2.20. The lowest BCUT2D eigenvalue weighted by atomic mass is 9.83. The van der Waals surface area contributed by atoms with Crippen molar-refractivity contribution in [2.75, 3.05) is 5.32 Å². The molecule has 2 rings (SSSR count). The Balaban J connectivity index is 1.99. The van der Waals surface area contributed by atoms with Crippen LogP contribution >= 0.6 is 0 Å². The molecule has 1 unspecified atom stereocenters. The van der Waals surface area contributed by atoms with Gasteiger partial charge in [0.1, 0.15) is 0 Å². The smallest absolute Gasteiger partial charge is 0.0482 e. The minimum Gasteiger partial charge on any atom is -0.379 e.